The summed E-state index contributed by atoms with van der Waals surface area (Å²) in [4.78, 5) is 12.4. The number of rotatable bonds is 9. The number of dihydropyridines is 1. The number of hydrogen-bond acceptors (Lipinski definition) is 7. The molecule has 0 aromatic carbocycles. The molecule has 7 heteroatoms. The van der Waals surface area contributed by atoms with Crippen molar-refractivity contribution in [2.75, 3.05) is 30.8 Å². The Hall–Kier alpha value is -2.15. The quantitative estimate of drug-likeness (QED) is 0.641. The molecule has 0 aliphatic carbocycles. The van der Waals surface area contributed by atoms with Crippen molar-refractivity contribution in [1.82, 2.24) is 9.97 Å². The van der Waals surface area contributed by atoms with Gasteiger partial charge in [0.25, 0.3) is 0 Å². The summed E-state index contributed by atoms with van der Waals surface area (Å²) in [5.74, 6) is 1.21. The Balaban J connectivity index is 2.03. The second-order valence-electron chi connectivity index (χ2n) is 5.50. The number of nitrogen functional groups attached to an aromatic ring is 1. The van der Waals surface area contributed by atoms with E-state index in [1.54, 1.807) is 6.20 Å². The maximum Gasteiger partial charge on any atom is 0.222 e. The minimum atomic E-state index is -0.0814. The molecule has 0 unspecified atom stereocenters. The zero-order valence-electron chi connectivity index (χ0n) is 13.5. The molecule has 0 fully saturated rings. The lowest BCUT2D eigenvalue weighted by atomic mass is 10.1. The molecule has 1 aromatic heterocycles. The highest BCUT2D eigenvalue weighted by Crippen LogP contribution is 2.24. The van der Waals surface area contributed by atoms with Crippen LogP contribution in [0.2, 0.25) is 0 Å². The molecule has 0 saturated carbocycles. The number of unbranched alkanes of at least 4 members (excludes halogenated alkanes) is 1. The largest absolute Gasteiger partial charge is 0.483 e. The third-order valence-corrected chi connectivity index (χ3v) is 3.56. The number of aliphatic hydroxyl groups is 1. The number of aliphatic imine (C=N–C) groups is 1. The van der Waals surface area contributed by atoms with Crippen LogP contribution in [0.5, 0.6) is 5.75 Å². The van der Waals surface area contributed by atoms with Gasteiger partial charge in [0, 0.05) is 18.3 Å². The lowest BCUT2D eigenvalue weighted by molar-refractivity contribution is 0.266. The fraction of sp³-hybridized carbons (Fsp3) is 0.562. The molecule has 0 spiro atoms. The normalized spacial score (nSPS) is 15.1. The highest BCUT2D eigenvalue weighted by molar-refractivity contribution is 5.79. The van der Waals surface area contributed by atoms with Crippen molar-refractivity contribution in [1.29, 1.82) is 0 Å². The molecule has 2 rings (SSSR count). The smallest absolute Gasteiger partial charge is 0.222 e. The maximum absolute atomic E-state index is 9.50. The first-order valence-electron chi connectivity index (χ1n) is 8.04. The molecule has 1 aromatic rings. The highest BCUT2D eigenvalue weighted by Gasteiger charge is 2.13. The summed E-state index contributed by atoms with van der Waals surface area (Å²) in [7, 11) is 0. The van der Waals surface area contributed by atoms with E-state index in [4.69, 9.17) is 10.5 Å². The van der Waals surface area contributed by atoms with Crippen molar-refractivity contribution in [3.05, 3.63) is 17.8 Å². The van der Waals surface area contributed by atoms with Crippen molar-refractivity contribution in [3.63, 3.8) is 0 Å². The Morgan fingerprint density at radius 1 is 1.48 bits per heavy atom. The van der Waals surface area contributed by atoms with Crippen LogP contribution in [0.25, 0.3) is 0 Å². The van der Waals surface area contributed by atoms with E-state index in [0.29, 0.717) is 18.2 Å². The van der Waals surface area contributed by atoms with Gasteiger partial charge in [-0.3, -0.25) is 4.99 Å². The topological polar surface area (TPSA) is 106 Å². The summed E-state index contributed by atoms with van der Waals surface area (Å²) in [6, 6.07) is -0.0814. The minimum Gasteiger partial charge on any atom is -0.483 e. The number of nitrogens with zero attached hydrogens (tertiary/aromatic N) is 3. The predicted octanol–water partition coefficient (Wildman–Crippen LogP) is 1.80. The minimum absolute atomic E-state index is 0.0289. The summed E-state index contributed by atoms with van der Waals surface area (Å²) < 4.78 is 5.80. The molecule has 4 N–H and O–H groups in total. The molecule has 1 atom stereocenters. The number of nitrogens with one attached hydrogen (secondary N) is 1. The maximum atomic E-state index is 9.50. The van der Waals surface area contributed by atoms with E-state index < -0.39 is 0 Å². The van der Waals surface area contributed by atoms with E-state index >= 15 is 0 Å². The van der Waals surface area contributed by atoms with Gasteiger partial charge in [0.1, 0.15) is 6.61 Å². The molecule has 0 amide bonds. The Bertz CT molecular complexity index is 559. The SMILES string of the molecule is CCCC[C@@H](CO)Nc1nc(N)ncc1OCC1=CCCN=C1. The lowest BCUT2D eigenvalue weighted by Crippen LogP contribution is -2.25. The Morgan fingerprint density at radius 3 is 3.04 bits per heavy atom. The fourth-order valence-electron chi connectivity index (χ4n) is 2.26. The van der Waals surface area contributed by atoms with E-state index in [9.17, 15) is 5.11 Å². The molecule has 2 heterocycles. The van der Waals surface area contributed by atoms with Crippen molar-refractivity contribution in [3.8, 4) is 5.75 Å². The summed E-state index contributed by atoms with van der Waals surface area (Å²) in [6.07, 6.45) is 9.37. The molecule has 0 bridgehead atoms. The predicted molar refractivity (Wildman–Crippen MR) is 92.0 cm³/mol. The van der Waals surface area contributed by atoms with Crippen LogP contribution in [-0.2, 0) is 0 Å². The number of ether oxygens (including phenoxy) is 1. The number of anilines is 2. The molecule has 23 heavy (non-hydrogen) atoms. The molecule has 0 radical (unpaired) electrons. The fourth-order valence-corrected chi connectivity index (χ4v) is 2.26. The average Bonchev–Trinajstić information content (AvgIpc) is 2.58. The van der Waals surface area contributed by atoms with Gasteiger partial charge in [-0.1, -0.05) is 25.8 Å². The number of nitrogens with two attached hydrogens (primary N) is 1. The van der Waals surface area contributed by atoms with Gasteiger partial charge in [-0.25, -0.2) is 4.98 Å². The van der Waals surface area contributed by atoms with E-state index in [1.165, 1.54) is 0 Å². The van der Waals surface area contributed by atoms with Gasteiger partial charge in [-0.05, 0) is 12.8 Å². The van der Waals surface area contributed by atoms with Crippen LogP contribution in [0, 0.1) is 0 Å². The molecule has 1 aliphatic heterocycles. The van der Waals surface area contributed by atoms with Crippen LogP contribution < -0.4 is 15.8 Å². The average molecular weight is 319 g/mol. The van der Waals surface area contributed by atoms with Crippen molar-refractivity contribution in [2.45, 2.75) is 38.6 Å². The van der Waals surface area contributed by atoms with Crippen LogP contribution in [-0.4, -0.2) is 47.1 Å². The van der Waals surface area contributed by atoms with Crippen LogP contribution in [0.1, 0.15) is 32.6 Å². The molecule has 126 valence electrons. The van der Waals surface area contributed by atoms with Crippen LogP contribution in [0.4, 0.5) is 11.8 Å². The molecule has 1 aliphatic rings. The van der Waals surface area contributed by atoms with E-state index in [1.807, 2.05) is 6.21 Å². The van der Waals surface area contributed by atoms with Crippen LogP contribution in [0.3, 0.4) is 0 Å². The van der Waals surface area contributed by atoms with Crippen molar-refractivity contribution in [2.24, 2.45) is 4.99 Å². The van der Waals surface area contributed by atoms with E-state index in [0.717, 1.165) is 37.8 Å². The van der Waals surface area contributed by atoms with Crippen molar-refractivity contribution < 1.29 is 9.84 Å². The second kappa shape index (κ2) is 9.09. The highest BCUT2D eigenvalue weighted by atomic mass is 16.5. The lowest BCUT2D eigenvalue weighted by Gasteiger charge is -2.19. The van der Waals surface area contributed by atoms with Gasteiger partial charge < -0.3 is 20.9 Å². The van der Waals surface area contributed by atoms with Gasteiger partial charge in [0.2, 0.25) is 5.95 Å². The summed E-state index contributed by atoms with van der Waals surface area (Å²) in [5, 5.41) is 12.7. The van der Waals surface area contributed by atoms with Crippen molar-refractivity contribution >= 4 is 18.0 Å². The summed E-state index contributed by atoms with van der Waals surface area (Å²) >= 11 is 0. The van der Waals surface area contributed by atoms with Gasteiger partial charge in [-0.2, -0.15) is 4.98 Å². The zero-order valence-corrected chi connectivity index (χ0v) is 13.5. The second-order valence-corrected chi connectivity index (χ2v) is 5.50. The first kappa shape index (κ1) is 17.2. The van der Waals surface area contributed by atoms with E-state index in [-0.39, 0.29) is 18.6 Å². The Kier molecular flexibility index (Phi) is 6.80. The van der Waals surface area contributed by atoms with Gasteiger partial charge in [-0.15, -0.1) is 0 Å². The Morgan fingerprint density at radius 2 is 2.35 bits per heavy atom. The number of aromatic nitrogens is 2. The molecule has 0 saturated heterocycles. The standard InChI is InChI=1S/C16H25N5O2/c1-2-3-6-13(10-22)20-15-14(9-19-16(17)21-15)23-11-12-5-4-7-18-8-12/h5,8-9,13,22H,2-4,6-7,10-11H2,1H3,(H3,17,19,20,21)/t13-/m0/s1. The van der Waals surface area contributed by atoms with Gasteiger partial charge >= 0.3 is 0 Å². The number of aliphatic hydroxyl groups excluding tert-OH is 1. The molecule has 7 nitrogen and oxygen atoms in total. The van der Waals surface area contributed by atoms with Gasteiger partial charge in [0.05, 0.1) is 18.8 Å². The third kappa shape index (κ3) is 5.52. The first-order chi connectivity index (χ1) is 11.2. The van der Waals surface area contributed by atoms with Crippen LogP contribution >= 0.6 is 0 Å². The Labute approximate surface area is 136 Å². The monoisotopic (exact) mass is 319 g/mol. The number of hydrogen-bond donors (Lipinski definition) is 3. The third-order valence-electron chi connectivity index (χ3n) is 3.56. The van der Waals surface area contributed by atoms with E-state index in [2.05, 4.69) is 33.3 Å². The van der Waals surface area contributed by atoms with Crippen LogP contribution in [0.15, 0.2) is 22.8 Å². The first-order valence-corrected chi connectivity index (χ1v) is 8.04. The molecular formula is C16H25N5O2. The summed E-state index contributed by atoms with van der Waals surface area (Å²) in [6.45, 7) is 3.38. The zero-order chi connectivity index (χ0) is 16.5. The van der Waals surface area contributed by atoms with Gasteiger partial charge in [0.15, 0.2) is 11.6 Å². The summed E-state index contributed by atoms with van der Waals surface area (Å²) in [5.41, 5.74) is 6.70. The molecular weight excluding hydrogens is 294 g/mol.